The Kier molecular flexibility index (Phi) is 4.54. The number of phenols is 1. The highest BCUT2D eigenvalue weighted by atomic mass is 79.9. The number of rotatable bonds is 3. The number of anilines is 1. The zero-order valence-electron chi connectivity index (χ0n) is 9.25. The van der Waals surface area contributed by atoms with Gasteiger partial charge in [0.05, 0.1) is 15.2 Å². The minimum atomic E-state index is 0.235. The number of benzene rings is 2. The molecule has 0 aliphatic rings. The van der Waals surface area contributed by atoms with Gasteiger partial charge in [0.15, 0.2) is 0 Å². The van der Waals surface area contributed by atoms with Gasteiger partial charge in [-0.3, -0.25) is 0 Å². The van der Waals surface area contributed by atoms with Crippen LogP contribution in [0.4, 0.5) is 5.69 Å². The van der Waals surface area contributed by atoms with E-state index in [1.165, 1.54) is 0 Å². The maximum atomic E-state index is 9.41. The van der Waals surface area contributed by atoms with Crippen molar-refractivity contribution >= 4 is 49.1 Å². The van der Waals surface area contributed by atoms with Crippen LogP contribution in [0.15, 0.2) is 45.3 Å². The van der Waals surface area contributed by atoms with Crippen LogP contribution in [0.3, 0.4) is 0 Å². The Morgan fingerprint density at radius 2 is 1.89 bits per heavy atom. The Hall–Kier alpha value is -0.710. The number of hydrogen-bond donors (Lipinski definition) is 2. The Labute approximate surface area is 127 Å². The monoisotopic (exact) mass is 389 g/mol. The minimum Gasteiger partial charge on any atom is -0.507 e. The van der Waals surface area contributed by atoms with Gasteiger partial charge in [-0.2, -0.15) is 0 Å². The van der Waals surface area contributed by atoms with Crippen molar-refractivity contribution in [2.45, 2.75) is 6.54 Å². The van der Waals surface area contributed by atoms with Crippen molar-refractivity contribution in [3.63, 3.8) is 0 Å². The molecule has 0 amide bonds. The number of aromatic hydroxyl groups is 1. The van der Waals surface area contributed by atoms with E-state index in [4.69, 9.17) is 11.6 Å². The first-order valence-corrected chi connectivity index (χ1v) is 7.19. The highest BCUT2D eigenvalue weighted by molar-refractivity contribution is 9.10. The van der Waals surface area contributed by atoms with Crippen LogP contribution in [0.25, 0.3) is 0 Å². The molecule has 2 nitrogen and oxygen atoms in total. The van der Waals surface area contributed by atoms with E-state index in [9.17, 15) is 5.11 Å². The fraction of sp³-hybridized carbons (Fsp3) is 0.0769. The smallest absolute Gasteiger partial charge is 0.129 e. The molecule has 2 N–H and O–H groups in total. The first-order chi connectivity index (χ1) is 8.56. The van der Waals surface area contributed by atoms with Gasteiger partial charge in [-0.1, -0.05) is 33.6 Å². The summed E-state index contributed by atoms with van der Waals surface area (Å²) in [4.78, 5) is 0. The Morgan fingerprint density at radius 1 is 1.11 bits per heavy atom. The third kappa shape index (κ3) is 3.40. The molecule has 2 rings (SSSR count). The summed E-state index contributed by atoms with van der Waals surface area (Å²) in [7, 11) is 0. The van der Waals surface area contributed by atoms with E-state index in [0.29, 0.717) is 16.0 Å². The van der Waals surface area contributed by atoms with E-state index in [1.807, 2.05) is 30.3 Å². The molecule has 5 heteroatoms. The van der Waals surface area contributed by atoms with Gasteiger partial charge >= 0.3 is 0 Å². The molecular formula is C13H10Br2ClNO. The highest BCUT2D eigenvalue weighted by Crippen LogP contribution is 2.27. The molecule has 0 fully saturated rings. The predicted octanol–water partition coefficient (Wildman–Crippen LogP) is 5.18. The third-order valence-electron chi connectivity index (χ3n) is 2.42. The molecule has 0 aliphatic carbocycles. The summed E-state index contributed by atoms with van der Waals surface area (Å²) in [5, 5.41) is 13.3. The third-order valence-corrected chi connectivity index (χ3v) is 3.88. The van der Waals surface area contributed by atoms with E-state index >= 15 is 0 Å². The topological polar surface area (TPSA) is 32.3 Å². The molecule has 0 spiro atoms. The lowest BCUT2D eigenvalue weighted by atomic mass is 10.2. The van der Waals surface area contributed by atoms with Gasteiger partial charge in [-0.05, 0) is 51.8 Å². The number of nitrogens with one attached hydrogen (secondary N) is 1. The van der Waals surface area contributed by atoms with Crippen LogP contribution >= 0.6 is 43.5 Å². The molecule has 0 heterocycles. The van der Waals surface area contributed by atoms with Crippen LogP contribution in [0.1, 0.15) is 5.56 Å². The van der Waals surface area contributed by atoms with Gasteiger partial charge in [0.1, 0.15) is 5.75 Å². The average Bonchev–Trinajstić information content (AvgIpc) is 2.34. The summed E-state index contributed by atoms with van der Waals surface area (Å²) in [6.07, 6.45) is 0. The van der Waals surface area contributed by atoms with Crippen molar-refractivity contribution in [2.24, 2.45) is 0 Å². The lowest BCUT2D eigenvalue weighted by Gasteiger charge is -2.09. The molecule has 0 saturated carbocycles. The lowest BCUT2D eigenvalue weighted by molar-refractivity contribution is 0.471. The van der Waals surface area contributed by atoms with Crippen molar-refractivity contribution in [3.05, 3.63) is 55.9 Å². The van der Waals surface area contributed by atoms with Gasteiger partial charge in [-0.25, -0.2) is 0 Å². The van der Waals surface area contributed by atoms with Crippen molar-refractivity contribution in [3.8, 4) is 5.75 Å². The molecule has 0 atom stereocenters. The Balaban J connectivity index is 2.11. The molecule has 2 aromatic carbocycles. The van der Waals surface area contributed by atoms with Crippen LogP contribution in [-0.4, -0.2) is 5.11 Å². The van der Waals surface area contributed by atoms with Crippen molar-refractivity contribution in [1.29, 1.82) is 0 Å². The average molecular weight is 391 g/mol. The normalized spacial score (nSPS) is 10.4. The minimum absolute atomic E-state index is 0.235. The Morgan fingerprint density at radius 3 is 2.61 bits per heavy atom. The van der Waals surface area contributed by atoms with E-state index in [-0.39, 0.29) is 5.75 Å². The van der Waals surface area contributed by atoms with E-state index < -0.39 is 0 Å². The molecule has 18 heavy (non-hydrogen) atoms. The summed E-state index contributed by atoms with van der Waals surface area (Å²) < 4.78 is 1.66. The molecule has 0 radical (unpaired) electrons. The van der Waals surface area contributed by atoms with Crippen molar-refractivity contribution < 1.29 is 5.11 Å². The molecule has 0 aromatic heterocycles. The van der Waals surface area contributed by atoms with Gasteiger partial charge in [0.2, 0.25) is 0 Å². The van der Waals surface area contributed by atoms with E-state index in [0.717, 1.165) is 15.7 Å². The molecule has 0 saturated heterocycles. The second-order valence-corrected chi connectivity index (χ2v) is 5.94. The predicted molar refractivity (Wildman–Crippen MR) is 82.3 cm³/mol. The van der Waals surface area contributed by atoms with Crippen molar-refractivity contribution in [1.82, 2.24) is 0 Å². The molecule has 0 unspecified atom stereocenters. The zero-order chi connectivity index (χ0) is 13.1. The second-order valence-electron chi connectivity index (χ2n) is 3.76. The largest absolute Gasteiger partial charge is 0.507 e. The van der Waals surface area contributed by atoms with E-state index in [2.05, 4.69) is 37.2 Å². The molecule has 2 aromatic rings. The van der Waals surface area contributed by atoms with E-state index in [1.54, 1.807) is 6.07 Å². The standard InChI is InChI=1S/C13H10Br2ClNO/c14-9-2-3-11(16)12(6-9)17-7-8-1-4-13(18)10(15)5-8/h1-6,17-18H,7H2. The number of hydrogen-bond acceptors (Lipinski definition) is 2. The summed E-state index contributed by atoms with van der Waals surface area (Å²) in [6.45, 7) is 0.634. The quantitative estimate of drug-likeness (QED) is 0.755. The SMILES string of the molecule is Oc1ccc(CNc2cc(Br)ccc2Cl)cc1Br. The molecule has 0 aliphatic heterocycles. The summed E-state index contributed by atoms with van der Waals surface area (Å²) in [5.41, 5.74) is 1.92. The molecular weight excluding hydrogens is 381 g/mol. The Bertz CT molecular complexity index is 575. The molecule has 0 bridgehead atoms. The second kappa shape index (κ2) is 5.95. The summed E-state index contributed by atoms with van der Waals surface area (Å²) >= 11 is 12.8. The summed E-state index contributed by atoms with van der Waals surface area (Å²) in [5.74, 6) is 0.235. The van der Waals surface area contributed by atoms with Gasteiger partial charge in [0, 0.05) is 11.0 Å². The van der Waals surface area contributed by atoms with Gasteiger partial charge < -0.3 is 10.4 Å². The maximum Gasteiger partial charge on any atom is 0.129 e. The van der Waals surface area contributed by atoms with Crippen LogP contribution < -0.4 is 5.32 Å². The first-order valence-electron chi connectivity index (χ1n) is 5.22. The number of phenolic OH excluding ortho intramolecular Hbond substituents is 1. The fourth-order valence-corrected chi connectivity index (χ4v) is 2.46. The van der Waals surface area contributed by atoms with Crippen LogP contribution in [0.5, 0.6) is 5.75 Å². The van der Waals surface area contributed by atoms with Crippen LogP contribution in [-0.2, 0) is 6.54 Å². The highest BCUT2D eigenvalue weighted by Gasteiger charge is 2.03. The molecule has 94 valence electrons. The lowest BCUT2D eigenvalue weighted by Crippen LogP contribution is -1.99. The van der Waals surface area contributed by atoms with Gasteiger partial charge in [0.25, 0.3) is 0 Å². The first kappa shape index (κ1) is 13.7. The van der Waals surface area contributed by atoms with Crippen LogP contribution in [0.2, 0.25) is 5.02 Å². The van der Waals surface area contributed by atoms with Gasteiger partial charge in [-0.15, -0.1) is 0 Å². The summed E-state index contributed by atoms with van der Waals surface area (Å²) in [6, 6.07) is 11.0. The fourth-order valence-electron chi connectivity index (χ4n) is 1.49. The number of halogens is 3. The maximum absolute atomic E-state index is 9.41. The van der Waals surface area contributed by atoms with Crippen LogP contribution in [0, 0.1) is 0 Å². The zero-order valence-corrected chi connectivity index (χ0v) is 13.2. The van der Waals surface area contributed by atoms with Crippen molar-refractivity contribution in [2.75, 3.05) is 5.32 Å².